The summed E-state index contributed by atoms with van der Waals surface area (Å²) in [5.74, 6) is 0. The third-order valence-corrected chi connectivity index (χ3v) is 5.37. The van der Waals surface area contributed by atoms with E-state index in [2.05, 4.69) is 46.6 Å². The number of aryl methyl sites for hydroxylation is 1. The van der Waals surface area contributed by atoms with Crippen molar-refractivity contribution in [3.05, 3.63) is 58.6 Å². The van der Waals surface area contributed by atoms with Gasteiger partial charge in [0.25, 0.3) is 0 Å². The molecule has 27 heavy (non-hydrogen) atoms. The zero-order chi connectivity index (χ0) is 19.4. The maximum atomic E-state index is 12.2. The van der Waals surface area contributed by atoms with E-state index in [1.54, 1.807) is 0 Å². The van der Waals surface area contributed by atoms with Crippen LogP contribution in [0.3, 0.4) is 0 Å². The van der Waals surface area contributed by atoms with Crippen LogP contribution in [0, 0.1) is 6.92 Å². The number of hydrogen-bond acceptors (Lipinski definition) is 2. The zero-order valence-corrected chi connectivity index (χ0v) is 17.1. The van der Waals surface area contributed by atoms with E-state index in [9.17, 15) is 4.79 Å². The predicted octanol–water partition coefficient (Wildman–Crippen LogP) is 4.55. The SMILES string of the molecule is Cc1ccc(-c2ccccc2CN2CCN(C(=O)NC(C)C)CC2)cc1Cl. The lowest BCUT2D eigenvalue weighted by Crippen LogP contribution is -2.52. The number of rotatable bonds is 4. The summed E-state index contributed by atoms with van der Waals surface area (Å²) in [6.45, 7) is 10.2. The first-order chi connectivity index (χ1) is 12.9. The fraction of sp³-hybridized carbons (Fsp3) is 0.409. The van der Waals surface area contributed by atoms with E-state index in [4.69, 9.17) is 11.6 Å². The van der Waals surface area contributed by atoms with E-state index in [0.29, 0.717) is 0 Å². The Balaban J connectivity index is 1.67. The smallest absolute Gasteiger partial charge is 0.317 e. The lowest BCUT2D eigenvalue weighted by molar-refractivity contribution is 0.134. The number of urea groups is 1. The number of nitrogens with zero attached hydrogens (tertiary/aromatic N) is 2. The van der Waals surface area contributed by atoms with Gasteiger partial charge in [0.05, 0.1) is 0 Å². The molecule has 1 saturated heterocycles. The van der Waals surface area contributed by atoms with Crippen LogP contribution in [0.5, 0.6) is 0 Å². The number of carbonyl (C=O) groups excluding carboxylic acids is 1. The first kappa shape index (κ1) is 19.7. The predicted molar refractivity (Wildman–Crippen MR) is 112 cm³/mol. The van der Waals surface area contributed by atoms with E-state index in [0.717, 1.165) is 48.9 Å². The molecule has 1 aliphatic heterocycles. The Hall–Kier alpha value is -2.04. The third kappa shape index (κ3) is 5.02. The Bertz CT molecular complexity index is 798. The minimum atomic E-state index is 0.0411. The molecule has 0 bridgehead atoms. The monoisotopic (exact) mass is 385 g/mol. The van der Waals surface area contributed by atoms with Gasteiger partial charge in [0, 0.05) is 43.8 Å². The molecule has 5 heteroatoms. The molecule has 2 aromatic rings. The summed E-state index contributed by atoms with van der Waals surface area (Å²) in [6.07, 6.45) is 0. The number of nitrogens with one attached hydrogen (secondary N) is 1. The van der Waals surface area contributed by atoms with Crippen molar-refractivity contribution < 1.29 is 4.79 Å². The molecule has 1 aliphatic rings. The number of benzene rings is 2. The van der Waals surface area contributed by atoms with Gasteiger partial charge < -0.3 is 10.2 Å². The maximum absolute atomic E-state index is 12.2. The number of carbonyl (C=O) groups is 1. The van der Waals surface area contributed by atoms with Crippen LogP contribution in [0.1, 0.15) is 25.0 Å². The molecule has 0 unspecified atom stereocenters. The molecule has 0 aromatic heterocycles. The summed E-state index contributed by atoms with van der Waals surface area (Å²) in [6, 6.07) is 15.0. The molecule has 0 spiro atoms. The van der Waals surface area contributed by atoms with Crippen molar-refractivity contribution in [3.8, 4) is 11.1 Å². The van der Waals surface area contributed by atoms with Crippen LogP contribution < -0.4 is 5.32 Å². The van der Waals surface area contributed by atoms with E-state index >= 15 is 0 Å². The van der Waals surface area contributed by atoms with Gasteiger partial charge in [-0.05, 0) is 49.1 Å². The Labute approximate surface area is 167 Å². The van der Waals surface area contributed by atoms with E-state index < -0.39 is 0 Å². The van der Waals surface area contributed by atoms with E-state index in [1.165, 1.54) is 11.1 Å². The molecule has 3 rings (SSSR count). The Morgan fingerprint density at radius 2 is 1.81 bits per heavy atom. The highest BCUT2D eigenvalue weighted by Crippen LogP contribution is 2.29. The van der Waals surface area contributed by atoms with E-state index in [-0.39, 0.29) is 12.1 Å². The van der Waals surface area contributed by atoms with Crippen molar-refractivity contribution in [1.82, 2.24) is 15.1 Å². The van der Waals surface area contributed by atoms with Crippen LogP contribution in [0.25, 0.3) is 11.1 Å². The van der Waals surface area contributed by atoms with E-state index in [1.807, 2.05) is 31.7 Å². The highest BCUT2D eigenvalue weighted by atomic mass is 35.5. The summed E-state index contributed by atoms with van der Waals surface area (Å²) >= 11 is 6.34. The van der Waals surface area contributed by atoms with Crippen LogP contribution in [0.15, 0.2) is 42.5 Å². The van der Waals surface area contributed by atoms with Crippen molar-refractivity contribution in [2.24, 2.45) is 0 Å². The summed E-state index contributed by atoms with van der Waals surface area (Å²) in [5, 5.41) is 3.77. The average Bonchev–Trinajstić information content (AvgIpc) is 2.64. The lowest BCUT2D eigenvalue weighted by atomic mass is 9.98. The second-order valence-corrected chi connectivity index (χ2v) is 7.90. The second-order valence-electron chi connectivity index (χ2n) is 7.49. The van der Waals surface area contributed by atoms with Crippen molar-refractivity contribution in [3.63, 3.8) is 0 Å². The molecule has 2 amide bonds. The van der Waals surface area contributed by atoms with Crippen LogP contribution in [-0.2, 0) is 6.54 Å². The molecular weight excluding hydrogens is 358 g/mol. The number of halogens is 1. The summed E-state index contributed by atoms with van der Waals surface area (Å²) in [5.41, 5.74) is 4.75. The first-order valence-corrected chi connectivity index (χ1v) is 9.94. The molecule has 1 fully saturated rings. The van der Waals surface area contributed by atoms with Crippen LogP contribution in [0.4, 0.5) is 4.79 Å². The van der Waals surface area contributed by atoms with Gasteiger partial charge in [-0.2, -0.15) is 0 Å². The molecule has 0 atom stereocenters. The highest BCUT2D eigenvalue weighted by molar-refractivity contribution is 6.31. The van der Waals surface area contributed by atoms with Crippen molar-refractivity contribution >= 4 is 17.6 Å². The van der Waals surface area contributed by atoms with Crippen LogP contribution in [0.2, 0.25) is 5.02 Å². The molecule has 0 aliphatic carbocycles. The molecule has 1 N–H and O–H groups in total. The molecule has 2 aromatic carbocycles. The van der Waals surface area contributed by atoms with Gasteiger partial charge in [-0.25, -0.2) is 4.79 Å². The fourth-order valence-electron chi connectivity index (χ4n) is 3.39. The van der Waals surface area contributed by atoms with Gasteiger partial charge in [0.15, 0.2) is 0 Å². The number of amides is 2. The first-order valence-electron chi connectivity index (χ1n) is 9.56. The standard InChI is InChI=1S/C22H28ClN3O/c1-16(2)24-22(27)26-12-10-25(11-13-26)15-19-6-4-5-7-20(19)18-9-8-17(3)21(23)14-18/h4-9,14,16H,10-13,15H2,1-3H3,(H,24,27). The lowest BCUT2D eigenvalue weighted by Gasteiger charge is -2.35. The third-order valence-electron chi connectivity index (χ3n) is 4.97. The van der Waals surface area contributed by atoms with Crippen LogP contribution >= 0.6 is 11.6 Å². The fourth-order valence-corrected chi connectivity index (χ4v) is 3.57. The maximum Gasteiger partial charge on any atom is 0.317 e. The van der Waals surface area contributed by atoms with Gasteiger partial charge in [-0.15, -0.1) is 0 Å². The molecule has 144 valence electrons. The minimum absolute atomic E-state index is 0.0411. The number of piperazine rings is 1. The average molecular weight is 386 g/mol. The van der Waals surface area contributed by atoms with Gasteiger partial charge in [-0.3, -0.25) is 4.90 Å². The zero-order valence-electron chi connectivity index (χ0n) is 16.3. The van der Waals surface area contributed by atoms with Crippen molar-refractivity contribution in [1.29, 1.82) is 0 Å². The minimum Gasteiger partial charge on any atom is -0.336 e. The molecule has 0 saturated carbocycles. The largest absolute Gasteiger partial charge is 0.336 e. The Kier molecular flexibility index (Phi) is 6.40. The van der Waals surface area contributed by atoms with Crippen molar-refractivity contribution in [2.75, 3.05) is 26.2 Å². The summed E-state index contributed by atoms with van der Waals surface area (Å²) in [4.78, 5) is 16.5. The number of hydrogen-bond donors (Lipinski definition) is 1. The van der Waals surface area contributed by atoms with Gasteiger partial charge in [0.2, 0.25) is 0 Å². The van der Waals surface area contributed by atoms with Gasteiger partial charge >= 0.3 is 6.03 Å². The second kappa shape index (κ2) is 8.77. The topological polar surface area (TPSA) is 35.6 Å². The quantitative estimate of drug-likeness (QED) is 0.837. The Morgan fingerprint density at radius 3 is 2.48 bits per heavy atom. The Morgan fingerprint density at radius 1 is 1.11 bits per heavy atom. The molecule has 1 heterocycles. The van der Waals surface area contributed by atoms with Crippen molar-refractivity contribution in [2.45, 2.75) is 33.4 Å². The van der Waals surface area contributed by atoms with Crippen LogP contribution in [-0.4, -0.2) is 48.1 Å². The summed E-state index contributed by atoms with van der Waals surface area (Å²) < 4.78 is 0. The normalized spacial score (nSPS) is 15.2. The molecular formula is C22H28ClN3O. The molecule has 0 radical (unpaired) electrons. The van der Waals surface area contributed by atoms with Gasteiger partial charge in [0.1, 0.15) is 0 Å². The summed E-state index contributed by atoms with van der Waals surface area (Å²) in [7, 11) is 0. The molecule has 4 nitrogen and oxygen atoms in total. The highest BCUT2D eigenvalue weighted by Gasteiger charge is 2.22. The van der Waals surface area contributed by atoms with Gasteiger partial charge in [-0.1, -0.05) is 48.0 Å².